The Labute approximate surface area is 129 Å². The number of nitrogens with zero attached hydrogens (tertiary/aromatic N) is 1. The first-order valence-corrected chi connectivity index (χ1v) is 7.64. The smallest absolute Gasteiger partial charge is 0.251 e. The quantitative estimate of drug-likeness (QED) is 0.802. The van der Waals surface area contributed by atoms with Crippen LogP contribution in [0, 0.1) is 13.8 Å². The number of hydrogen-bond donors (Lipinski definition) is 1. The zero-order valence-electron chi connectivity index (χ0n) is 13.2. The van der Waals surface area contributed by atoms with Crippen LogP contribution in [0.5, 0.6) is 0 Å². The van der Waals surface area contributed by atoms with Gasteiger partial charge in [0.2, 0.25) is 0 Å². The fourth-order valence-electron chi connectivity index (χ4n) is 2.70. The molecule has 0 unspecified atom stereocenters. The monoisotopic (exact) mass is 296 g/mol. The first kappa shape index (κ1) is 14.6. The SMILES string of the molecule is CCc1cc(CCc2nc3ccc(C)cc3o2)c(=O)[nH]c1C. The van der Waals surface area contributed by atoms with E-state index < -0.39 is 0 Å². The van der Waals surface area contributed by atoms with Gasteiger partial charge in [-0.25, -0.2) is 4.98 Å². The summed E-state index contributed by atoms with van der Waals surface area (Å²) in [6.07, 6.45) is 2.18. The molecule has 0 atom stereocenters. The van der Waals surface area contributed by atoms with Crippen LogP contribution in [0.2, 0.25) is 0 Å². The minimum atomic E-state index is -0.0124. The fraction of sp³-hybridized carbons (Fsp3) is 0.333. The van der Waals surface area contributed by atoms with Crippen LogP contribution in [-0.2, 0) is 19.3 Å². The third-order valence-electron chi connectivity index (χ3n) is 4.00. The summed E-state index contributed by atoms with van der Waals surface area (Å²) < 4.78 is 5.77. The highest BCUT2D eigenvalue weighted by molar-refractivity contribution is 5.73. The third kappa shape index (κ3) is 2.82. The second-order valence-electron chi connectivity index (χ2n) is 5.71. The van der Waals surface area contributed by atoms with Crippen molar-refractivity contribution in [1.82, 2.24) is 9.97 Å². The van der Waals surface area contributed by atoms with E-state index in [2.05, 4.69) is 16.9 Å². The van der Waals surface area contributed by atoms with E-state index in [0.29, 0.717) is 18.7 Å². The Morgan fingerprint density at radius 3 is 2.73 bits per heavy atom. The summed E-state index contributed by atoms with van der Waals surface area (Å²) in [7, 11) is 0. The largest absolute Gasteiger partial charge is 0.441 e. The van der Waals surface area contributed by atoms with Crippen molar-refractivity contribution in [3.05, 3.63) is 62.9 Å². The van der Waals surface area contributed by atoms with E-state index in [4.69, 9.17) is 4.42 Å². The van der Waals surface area contributed by atoms with Crippen molar-refractivity contribution in [1.29, 1.82) is 0 Å². The first-order valence-electron chi connectivity index (χ1n) is 7.64. The summed E-state index contributed by atoms with van der Waals surface area (Å²) in [5, 5.41) is 0. The minimum Gasteiger partial charge on any atom is -0.441 e. The fourth-order valence-corrected chi connectivity index (χ4v) is 2.70. The Bertz CT molecular complexity index is 874. The van der Waals surface area contributed by atoms with Crippen LogP contribution >= 0.6 is 0 Å². The van der Waals surface area contributed by atoms with E-state index in [1.165, 1.54) is 5.56 Å². The Kier molecular flexibility index (Phi) is 3.84. The molecule has 3 aromatic rings. The lowest BCUT2D eigenvalue weighted by Gasteiger charge is -2.05. The van der Waals surface area contributed by atoms with Crippen LogP contribution in [0.15, 0.2) is 33.5 Å². The number of oxazole rings is 1. The van der Waals surface area contributed by atoms with Crippen LogP contribution < -0.4 is 5.56 Å². The van der Waals surface area contributed by atoms with Gasteiger partial charge in [0.1, 0.15) is 5.52 Å². The van der Waals surface area contributed by atoms with Gasteiger partial charge in [0.15, 0.2) is 11.5 Å². The average molecular weight is 296 g/mol. The number of H-pyrrole nitrogens is 1. The van der Waals surface area contributed by atoms with Gasteiger partial charge in [0, 0.05) is 17.7 Å². The molecule has 3 rings (SSSR count). The number of aromatic nitrogens is 2. The van der Waals surface area contributed by atoms with Gasteiger partial charge >= 0.3 is 0 Å². The number of rotatable bonds is 4. The summed E-state index contributed by atoms with van der Waals surface area (Å²) in [6, 6.07) is 7.97. The second-order valence-corrected chi connectivity index (χ2v) is 5.71. The lowest BCUT2D eigenvalue weighted by atomic mass is 10.1. The highest BCUT2D eigenvalue weighted by atomic mass is 16.3. The molecule has 0 fully saturated rings. The molecule has 4 nitrogen and oxygen atoms in total. The maximum atomic E-state index is 12.0. The van der Waals surface area contributed by atoms with Gasteiger partial charge in [0.05, 0.1) is 0 Å². The van der Waals surface area contributed by atoms with Crippen molar-refractivity contribution in [2.45, 2.75) is 40.0 Å². The van der Waals surface area contributed by atoms with Crippen molar-refractivity contribution in [2.24, 2.45) is 0 Å². The van der Waals surface area contributed by atoms with Crippen molar-refractivity contribution in [3.63, 3.8) is 0 Å². The van der Waals surface area contributed by atoms with E-state index in [0.717, 1.165) is 34.3 Å². The molecule has 0 saturated heterocycles. The van der Waals surface area contributed by atoms with E-state index in [-0.39, 0.29) is 5.56 Å². The molecule has 0 saturated carbocycles. The molecule has 0 radical (unpaired) electrons. The number of pyridine rings is 1. The van der Waals surface area contributed by atoms with Crippen molar-refractivity contribution < 1.29 is 4.42 Å². The predicted octanol–water partition coefficient (Wildman–Crippen LogP) is 3.48. The molecule has 4 heteroatoms. The number of hydrogen-bond acceptors (Lipinski definition) is 3. The maximum Gasteiger partial charge on any atom is 0.251 e. The molecule has 114 valence electrons. The maximum absolute atomic E-state index is 12.0. The third-order valence-corrected chi connectivity index (χ3v) is 4.00. The molecule has 0 amide bonds. The number of benzene rings is 1. The molecule has 1 N–H and O–H groups in total. The van der Waals surface area contributed by atoms with Gasteiger partial charge in [-0.05, 0) is 56.0 Å². The first-order chi connectivity index (χ1) is 10.6. The summed E-state index contributed by atoms with van der Waals surface area (Å²) in [4.78, 5) is 19.4. The normalized spacial score (nSPS) is 11.2. The van der Waals surface area contributed by atoms with Gasteiger partial charge in [0.25, 0.3) is 5.56 Å². The van der Waals surface area contributed by atoms with Crippen molar-refractivity contribution >= 4 is 11.1 Å². The molecule has 0 spiro atoms. The number of aryl methyl sites for hydroxylation is 5. The average Bonchev–Trinajstić information content (AvgIpc) is 2.88. The molecule has 2 aromatic heterocycles. The molecular formula is C18H20N2O2. The standard InChI is InChI=1S/C18H20N2O2/c1-4-13-10-14(18(21)19-12(13)3)6-8-17-20-15-7-5-11(2)9-16(15)22-17/h5,7,9-10H,4,6,8H2,1-3H3,(H,19,21). The summed E-state index contributed by atoms with van der Waals surface area (Å²) in [5.74, 6) is 0.679. The van der Waals surface area contributed by atoms with Crippen LogP contribution in [-0.4, -0.2) is 9.97 Å². The lowest BCUT2D eigenvalue weighted by molar-refractivity contribution is 0.527. The van der Waals surface area contributed by atoms with Crippen LogP contribution in [0.1, 0.15) is 35.2 Å². The Balaban J connectivity index is 1.83. The van der Waals surface area contributed by atoms with Crippen LogP contribution in [0.3, 0.4) is 0 Å². The summed E-state index contributed by atoms with van der Waals surface area (Å²) in [5.41, 5.74) is 5.74. The van der Waals surface area contributed by atoms with Crippen LogP contribution in [0.25, 0.3) is 11.1 Å². The van der Waals surface area contributed by atoms with Gasteiger partial charge < -0.3 is 9.40 Å². The molecule has 2 heterocycles. The van der Waals surface area contributed by atoms with E-state index in [1.54, 1.807) is 0 Å². The second kappa shape index (κ2) is 5.79. The Morgan fingerprint density at radius 1 is 1.14 bits per heavy atom. The highest BCUT2D eigenvalue weighted by Gasteiger charge is 2.09. The highest BCUT2D eigenvalue weighted by Crippen LogP contribution is 2.18. The zero-order valence-corrected chi connectivity index (χ0v) is 13.2. The predicted molar refractivity (Wildman–Crippen MR) is 87.3 cm³/mol. The number of aromatic amines is 1. The molecule has 22 heavy (non-hydrogen) atoms. The molecular weight excluding hydrogens is 276 g/mol. The molecule has 0 aliphatic heterocycles. The van der Waals surface area contributed by atoms with Gasteiger partial charge in [-0.2, -0.15) is 0 Å². The summed E-state index contributed by atoms with van der Waals surface area (Å²) >= 11 is 0. The lowest BCUT2D eigenvalue weighted by Crippen LogP contribution is -2.16. The van der Waals surface area contributed by atoms with Gasteiger partial charge in [-0.3, -0.25) is 4.79 Å². The molecule has 1 aromatic carbocycles. The van der Waals surface area contributed by atoms with E-state index >= 15 is 0 Å². The van der Waals surface area contributed by atoms with Crippen molar-refractivity contribution in [2.75, 3.05) is 0 Å². The zero-order chi connectivity index (χ0) is 15.7. The summed E-state index contributed by atoms with van der Waals surface area (Å²) in [6.45, 7) is 6.06. The van der Waals surface area contributed by atoms with E-state index in [1.807, 2.05) is 38.1 Å². The van der Waals surface area contributed by atoms with Crippen LogP contribution in [0.4, 0.5) is 0 Å². The topological polar surface area (TPSA) is 58.9 Å². The molecule has 0 bridgehead atoms. The van der Waals surface area contributed by atoms with E-state index in [9.17, 15) is 4.79 Å². The molecule has 0 aliphatic carbocycles. The van der Waals surface area contributed by atoms with Crippen molar-refractivity contribution in [3.8, 4) is 0 Å². The Morgan fingerprint density at radius 2 is 1.95 bits per heavy atom. The van der Waals surface area contributed by atoms with Gasteiger partial charge in [-0.15, -0.1) is 0 Å². The Hall–Kier alpha value is -2.36. The molecule has 0 aliphatic rings. The number of nitrogens with one attached hydrogen (secondary N) is 1. The number of fused-ring (bicyclic) bond motifs is 1. The minimum absolute atomic E-state index is 0.0124. The van der Waals surface area contributed by atoms with Gasteiger partial charge in [-0.1, -0.05) is 13.0 Å².